The van der Waals surface area contributed by atoms with E-state index in [0.717, 1.165) is 25.0 Å². The SMILES string of the molecule is CCSC1CCC(NC(=O)NCC(C)(CC)C(=O)O)C1. The molecule has 0 aromatic heterocycles. The lowest BCUT2D eigenvalue weighted by molar-refractivity contribution is -0.147. The highest BCUT2D eigenvalue weighted by Gasteiger charge is 2.32. The lowest BCUT2D eigenvalue weighted by atomic mass is 9.88. The molecule has 20 heavy (non-hydrogen) atoms. The molecule has 1 fully saturated rings. The van der Waals surface area contributed by atoms with Crippen LogP contribution in [0.5, 0.6) is 0 Å². The van der Waals surface area contributed by atoms with Crippen molar-refractivity contribution < 1.29 is 14.7 Å². The molecule has 1 rings (SSSR count). The molecule has 2 amide bonds. The molecule has 5 nitrogen and oxygen atoms in total. The fourth-order valence-corrected chi connectivity index (χ4v) is 3.46. The molecule has 0 aromatic rings. The second kappa shape index (κ2) is 7.76. The van der Waals surface area contributed by atoms with Crippen LogP contribution in [0.1, 0.15) is 46.5 Å². The van der Waals surface area contributed by atoms with Gasteiger partial charge in [-0.2, -0.15) is 11.8 Å². The molecule has 0 spiro atoms. The Bertz CT molecular complexity index is 351. The molecular weight excluding hydrogens is 276 g/mol. The number of rotatable bonds is 7. The van der Waals surface area contributed by atoms with E-state index in [1.54, 1.807) is 6.92 Å². The Hall–Kier alpha value is -0.910. The molecule has 6 heteroatoms. The number of hydrogen-bond acceptors (Lipinski definition) is 3. The number of carboxylic acids is 1. The van der Waals surface area contributed by atoms with Crippen molar-refractivity contribution in [1.82, 2.24) is 10.6 Å². The molecule has 0 aliphatic heterocycles. The van der Waals surface area contributed by atoms with Crippen LogP contribution < -0.4 is 10.6 Å². The third-order valence-electron chi connectivity index (χ3n) is 4.06. The van der Waals surface area contributed by atoms with Crippen LogP contribution in [-0.4, -0.2) is 40.7 Å². The summed E-state index contributed by atoms with van der Waals surface area (Å²) >= 11 is 1.95. The van der Waals surface area contributed by atoms with Gasteiger partial charge in [-0.05, 0) is 38.4 Å². The second-order valence-electron chi connectivity index (χ2n) is 5.63. The number of nitrogens with one attached hydrogen (secondary N) is 2. The Morgan fingerprint density at radius 1 is 1.35 bits per heavy atom. The molecule has 3 N–H and O–H groups in total. The average molecular weight is 302 g/mol. The first-order valence-corrected chi connectivity index (χ1v) is 8.35. The van der Waals surface area contributed by atoms with Gasteiger partial charge in [0, 0.05) is 17.8 Å². The summed E-state index contributed by atoms with van der Waals surface area (Å²) in [5.74, 6) is 0.234. The number of amides is 2. The van der Waals surface area contributed by atoms with Crippen LogP contribution in [0.4, 0.5) is 4.79 Å². The van der Waals surface area contributed by atoms with E-state index in [1.165, 1.54) is 0 Å². The van der Waals surface area contributed by atoms with Gasteiger partial charge in [-0.25, -0.2) is 4.79 Å². The first kappa shape index (κ1) is 17.1. The van der Waals surface area contributed by atoms with E-state index in [4.69, 9.17) is 5.11 Å². The standard InChI is InChI=1S/C14H26N2O3S/c1-4-14(3,12(17)18)9-15-13(19)16-10-6-7-11(8-10)20-5-2/h10-11H,4-9H2,1-3H3,(H,17,18)(H2,15,16,19). The van der Waals surface area contributed by atoms with Crippen molar-refractivity contribution in [2.45, 2.75) is 57.7 Å². The smallest absolute Gasteiger partial charge is 0.315 e. The molecule has 3 atom stereocenters. The summed E-state index contributed by atoms with van der Waals surface area (Å²) in [5.41, 5.74) is -0.895. The van der Waals surface area contributed by atoms with Crippen LogP contribution in [0.25, 0.3) is 0 Å². The number of carbonyl (C=O) groups is 2. The van der Waals surface area contributed by atoms with E-state index in [-0.39, 0.29) is 18.6 Å². The van der Waals surface area contributed by atoms with Crippen LogP contribution in [0, 0.1) is 5.41 Å². The van der Waals surface area contributed by atoms with Crippen molar-refractivity contribution in [2.24, 2.45) is 5.41 Å². The van der Waals surface area contributed by atoms with Gasteiger partial charge in [-0.15, -0.1) is 0 Å². The van der Waals surface area contributed by atoms with Crippen molar-refractivity contribution in [3.63, 3.8) is 0 Å². The highest BCUT2D eigenvalue weighted by atomic mass is 32.2. The Kier molecular flexibility index (Phi) is 6.65. The van der Waals surface area contributed by atoms with Gasteiger partial charge < -0.3 is 15.7 Å². The minimum absolute atomic E-state index is 0.157. The highest BCUT2D eigenvalue weighted by molar-refractivity contribution is 7.99. The summed E-state index contributed by atoms with van der Waals surface area (Å²) in [5, 5.41) is 15.4. The summed E-state index contributed by atoms with van der Waals surface area (Å²) < 4.78 is 0. The lowest BCUT2D eigenvalue weighted by Gasteiger charge is -2.24. The van der Waals surface area contributed by atoms with Gasteiger partial charge in [-0.3, -0.25) is 4.79 Å². The molecule has 0 heterocycles. The molecular formula is C14H26N2O3S. The van der Waals surface area contributed by atoms with Crippen LogP contribution >= 0.6 is 11.8 Å². The van der Waals surface area contributed by atoms with Gasteiger partial charge in [-0.1, -0.05) is 13.8 Å². The van der Waals surface area contributed by atoms with Crippen LogP contribution in [-0.2, 0) is 4.79 Å². The second-order valence-corrected chi connectivity index (χ2v) is 7.21. The fourth-order valence-electron chi connectivity index (χ4n) is 2.32. The lowest BCUT2D eigenvalue weighted by Crippen LogP contribution is -2.47. The van der Waals surface area contributed by atoms with E-state index >= 15 is 0 Å². The van der Waals surface area contributed by atoms with E-state index in [1.807, 2.05) is 18.7 Å². The monoisotopic (exact) mass is 302 g/mol. The largest absolute Gasteiger partial charge is 0.481 e. The minimum Gasteiger partial charge on any atom is -0.481 e. The normalized spacial score (nSPS) is 24.9. The van der Waals surface area contributed by atoms with Gasteiger partial charge in [0.1, 0.15) is 0 Å². The summed E-state index contributed by atoms with van der Waals surface area (Å²) in [6.07, 6.45) is 3.65. The minimum atomic E-state index is -0.895. The summed E-state index contributed by atoms with van der Waals surface area (Å²) in [7, 11) is 0. The molecule has 1 saturated carbocycles. The number of carbonyl (C=O) groups excluding carboxylic acids is 1. The maximum Gasteiger partial charge on any atom is 0.315 e. The molecule has 0 bridgehead atoms. The van der Waals surface area contributed by atoms with Crippen LogP contribution in [0.3, 0.4) is 0 Å². The Morgan fingerprint density at radius 3 is 2.60 bits per heavy atom. The van der Waals surface area contributed by atoms with Crippen molar-refractivity contribution >= 4 is 23.8 Å². The predicted molar refractivity (Wildman–Crippen MR) is 82.1 cm³/mol. The zero-order valence-corrected chi connectivity index (χ0v) is 13.4. The van der Waals surface area contributed by atoms with Gasteiger partial charge in [0.05, 0.1) is 5.41 Å². The molecule has 1 aliphatic carbocycles. The quantitative estimate of drug-likeness (QED) is 0.675. The molecule has 0 radical (unpaired) electrons. The Morgan fingerprint density at radius 2 is 2.05 bits per heavy atom. The van der Waals surface area contributed by atoms with Crippen molar-refractivity contribution in [3.8, 4) is 0 Å². The molecule has 0 saturated heterocycles. The summed E-state index contributed by atoms with van der Waals surface area (Å²) in [4.78, 5) is 23.0. The van der Waals surface area contributed by atoms with Crippen molar-refractivity contribution in [1.29, 1.82) is 0 Å². The molecule has 116 valence electrons. The molecule has 3 unspecified atom stereocenters. The molecule has 0 aromatic carbocycles. The van der Waals surface area contributed by atoms with Crippen molar-refractivity contribution in [2.75, 3.05) is 12.3 Å². The Balaban J connectivity index is 2.32. The summed E-state index contributed by atoms with van der Waals surface area (Å²) in [6, 6.07) is -0.0326. The number of thioether (sulfide) groups is 1. The van der Waals surface area contributed by atoms with Gasteiger partial charge in [0.25, 0.3) is 0 Å². The highest BCUT2D eigenvalue weighted by Crippen LogP contribution is 2.29. The van der Waals surface area contributed by atoms with Gasteiger partial charge in [0.15, 0.2) is 0 Å². The maximum absolute atomic E-state index is 11.8. The number of carboxylic acid groups (broad SMARTS) is 1. The third kappa shape index (κ3) is 4.89. The average Bonchev–Trinajstić information content (AvgIpc) is 2.83. The predicted octanol–water partition coefficient (Wildman–Crippen LogP) is 2.46. The van der Waals surface area contributed by atoms with E-state index in [0.29, 0.717) is 11.7 Å². The summed E-state index contributed by atoms with van der Waals surface area (Å²) in [6.45, 7) is 5.77. The zero-order valence-electron chi connectivity index (χ0n) is 12.6. The van der Waals surface area contributed by atoms with Crippen molar-refractivity contribution in [3.05, 3.63) is 0 Å². The first-order valence-electron chi connectivity index (χ1n) is 7.30. The van der Waals surface area contributed by atoms with Gasteiger partial charge in [0.2, 0.25) is 0 Å². The fraction of sp³-hybridized carbons (Fsp3) is 0.857. The Labute approximate surface area is 125 Å². The van der Waals surface area contributed by atoms with E-state index in [9.17, 15) is 9.59 Å². The number of aliphatic carboxylic acids is 1. The number of urea groups is 1. The topological polar surface area (TPSA) is 78.4 Å². The van der Waals surface area contributed by atoms with E-state index in [2.05, 4.69) is 17.6 Å². The number of hydrogen-bond donors (Lipinski definition) is 3. The first-order chi connectivity index (χ1) is 9.41. The zero-order chi connectivity index (χ0) is 15.2. The van der Waals surface area contributed by atoms with E-state index < -0.39 is 11.4 Å². The maximum atomic E-state index is 11.8. The van der Waals surface area contributed by atoms with Crippen LogP contribution in [0.15, 0.2) is 0 Å². The third-order valence-corrected chi connectivity index (χ3v) is 5.29. The van der Waals surface area contributed by atoms with Crippen LogP contribution in [0.2, 0.25) is 0 Å². The molecule has 1 aliphatic rings. The van der Waals surface area contributed by atoms with Gasteiger partial charge >= 0.3 is 12.0 Å².